The monoisotopic (exact) mass is 360 g/mol. The maximum Gasteiger partial charge on any atom is 0.258 e. The Balaban J connectivity index is 1.80. The highest BCUT2D eigenvalue weighted by Gasteiger charge is 2.17. The molecule has 3 N–H and O–H groups in total. The van der Waals surface area contributed by atoms with E-state index < -0.39 is 10.0 Å². The van der Waals surface area contributed by atoms with Crippen LogP contribution in [0, 0.1) is 13.8 Å². The minimum absolute atomic E-state index is 0.0224. The number of aryl methyl sites for hydroxylation is 2. The summed E-state index contributed by atoms with van der Waals surface area (Å²) in [6.45, 7) is 3.74. The maximum atomic E-state index is 12.5. The van der Waals surface area contributed by atoms with Crippen molar-refractivity contribution >= 4 is 27.0 Å². The van der Waals surface area contributed by atoms with Crippen LogP contribution in [0.1, 0.15) is 27.3 Å². The molecule has 1 aromatic carbocycles. The quantitative estimate of drug-likeness (QED) is 0.724. The molecular weight excluding hydrogens is 344 g/mol. The second kappa shape index (κ2) is 6.26. The van der Waals surface area contributed by atoms with Crippen LogP contribution in [0.2, 0.25) is 0 Å². The molecule has 0 fully saturated rings. The Labute approximate surface area is 144 Å². The zero-order chi connectivity index (χ0) is 18.2. The predicted octanol–water partition coefficient (Wildman–Crippen LogP) is 1.42. The first-order valence-electron chi connectivity index (χ1n) is 7.39. The zero-order valence-electron chi connectivity index (χ0n) is 13.6. The van der Waals surface area contributed by atoms with Crippen molar-refractivity contribution in [3.05, 3.63) is 52.8 Å². The third-order valence-corrected chi connectivity index (χ3v) is 4.62. The van der Waals surface area contributed by atoms with Crippen LogP contribution in [-0.4, -0.2) is 24.5 Å². The van der Waals surface area contributed by atoms with E-state index in [9.17, 15) is 13.2 Å². The Morgan fingerprint density at radius 2 is 1.92 bits per heavy atom. The molecule has 8 nitrogen and oxygen atoms in total. The second-order valence-corrected chi connectivity index (χ2v) is 7.19. The minimum atomic E-state index is -3.73. The van der Waals surface area contributed by atoms with Gasteiger partial charge in [0.05, 0.1) is 21.5 Å². The van der Waals surface area contributed by atoms with E-state index in [1.807, 2.05) is 0 Å². The molecule has 0 radical (unpaired) electrons. The molecule has 130 valence electrons. The minimum Gasteiger partial charge on any atom is -0.348 e. The number of nitrogens with two attached hydrogens (primary N) is 1. The number of aromatic nitrogens is 2. The molecule has 25 heavy (non-hydrogen) atoms. The number of fused-ring (bicyclic) bond motifs is 1. The van der Waals surface area contributed by atoms with Gasteiger partial charge in [-0.25, -0.2) is 18.5 Å². The Hall–Kier alpha value is -2.78. The normalized spacial score (nSPS) is 11.6. The smallest absolute Gasteiger partial charge is 0.258 e. The molecule has 0 unspecified atom stereocenters. The summed E-state index contributed by atoms with van der Waals surface area (Å²) in [4.78, 5) is 16.8. The molecule has 0 saturated heterocycles. The Kier molecular flexibility index (Phi) is 4.27. The summed E-state index contributed by atoms with van der Waals surface area (Å²) >= 11 is 0. The van der Waals surface area contributed by atoms with E-state index in [-0.39, 0.29) is 17.3 Å². The van der Waals surface area contributed by atoms with E-state index in [1.165, 1.54) is 12.1 Å². The van der Waals surface area contributed by atoms with E-state index in [0.29, 0.717) is 28.1 Å². The number of hydrogen-bond donors (Lipinski definition) is 2. The number of hydrogen-bond acceptors (Lipinski definition) is 6. The molecule has 2 aromatic heterocycles. The number of nitrogens with zero attached hydrogens (tertiary/aromatic N) is 2. The van der Waals surface area contributed by atoms with Crippen molar-refractivity contribution in [1.29, 1.82) is 0 Å². The molecule has 0 aliphatic rings. The Bertz CT molecular complexity index is 1060. The van der Waals surface area contributed by atoms with Crippen LogP contribution in [0.15, 0.2) is 39.8 Å². The molecule has 3 rings (SSSR count). The molecule has 0 aliphatic carbocycles. The average Bonchev–Trinajstić information content (AvgIpc) is 2.92. The zero-order valence-corrected chi connectivity index (χ0v) is 14.4. The molecule has 0 aliphatic heterocycles. The van der Waals surface area contributed by atoms with Gasteiger partial charge in [0.2, 0.25) is 10.0 Å². The fourth-order valence-electron chi connectivity index (χ4n) is 2.47. The van der Waals surface area contributed by atoms with Crippen molar-refractivity contribution in [2.24, 2.45) is 5.14 Å². The van der Waals surface area contributed by atoms with Crippen LogP contribution < -0.4 is 10.5 Å². The van der Waals surface area contributed by atoms with Gasteiger partial charge >= 0.3 is 0 Å². The molecular formula is C16H16N4O4S. The topological polar surface area (TPSA) is 128 Å². The molecule has 3 aromatic rings. The van der Waals surface area contributed by atoms with E-state index >= 15 is 0 Å². The lowest BCUT2D eigenvalue weighted by atomic mass is 10.1. The third kappa shape index (κ3) is 3.52. The first-order valence-corrected chi connectivity index (χ1v) is 8.94. The van der Waals surface area contributed by atoms with Gasteiger partial charge < -0.3 is 9.84 Å². The van der Waals surface area contributed by atoms with Gasteiger partial charge in [0.15, 0.2) is 0 Å². The summed E-state index contributed by atoms with van der Waals surface area (Å²) in [7, 11) is -3.73. The lowest BCUT2D eigenvalue weighted by Gasteiger charge is -2.07. The Morgan fingerprint density at radius 3 is 2.56 bits per heavy atom. The lowest BCUT2D eigenvalue weighted by Crippen LogP contribution is -2.23. The third-order valence-electron chi connectivity index (χ3n) is 3.69. The summed E-state index contributed by atoms with van der Waals surface area (Å²) in [5.74, 6) is -0.294. The number of pyridine rings is 1. The van der Waals surface area contributed by atoms with Crippen LogP contribution in [0.3, 0.4) is 0 Å². The molecule has 1 amide bonds. The van der Waals surface area contributed by atoms with Crippen LogP contribution in [0.5, 0.6) is 0 Å². The number of amides is 1. The van der Waals surface area contributed by atoms with Crippen molar-refractivity contribution in [1.82, 2.24) is 15.5 Å². The van der Waals surface area contributed by atoms with Crippen LogP contribution in [0.4, 0.5) is 0 Å². The highest BCUT2D eigenvalue weighted by molar-refractivity contribution is 7.89. The van der Waals surface area contributed by atoms with E-state index in [0.717, 1.165) is 5.56 Å². The fraction of sp³-hybridized carbons (Fsp3) is 0.188. The predicted molar refractivity (Wildman–Crippen MR) is 90.3 cm³/mol. The van der Waals surface area contributed by atoms with Gasteiger partial charge in [-0.05, 0) is 37.6 Å². The van der Waals surface area contributed by atoms with Crippen LogP contribution in [0.25, 0.3) is 11.1 Å². The van der Waals surface area contributed by atoms with Crippen molar-refractivity contribution in [3.8, 4) is 0 Å². The van der Waals surface area contributed by atoms with Crippen LogP contribution in [-0.2, 0) is 16.6 Å². The number of carbonyl (C=O) groups is 1. The highest BCUT2D eigenvalue weighted by Crippen LogP contribution is 2.21. The number of primary sulfonamides is 1. The second-order valence-electron chi connectivity index (χ2n) is 5.63. The van der Waals surface area contributed by atoms with Gasteiger partial charge in [-0.2, -0.15) is 0 Å². The summed E-state index contributed by atoms with van der Waals surface area (Å²) < 4.78 is 27.6. The largest absolute Gasteiger partial charge is 0.348 e. The van der Waals surface area contributed by atoms with Gasteiger partial charge in [0, 0.05) is 12.2 Å². The molecule has 0 bridgehead atoms. The van der Waals surface area contributed by atoms with Gasteiger partial charge in [0.25, 0.3) is 11.6 Å². The van der Waals surface area contributed by atoms with Crippen molar-refractivity contribution in [3.63, 3.8) is 0 Å². The maximum absolute atomic E-state index is 12.5. The van der Waals surface area contributed by atoms with E-state index in [1.54, 1.807) is 32.0 Å². The molecule has 0 saturated carbocycles. The van der Waals surface area contributed by atoms with Crippen molar-refractivity contribution in [2.75, 3.05) is 0 Å². The first-order chi connectivity index (χ1) is 11.8. The van der Waals surface area contributed by atoms with Gasteiger partial charge in [-0.3, -0.25) is 4.79 Å². The number of rotatable bonds is 4. The molecule has 0 spiro atoms. The Morgan fingerprint density at radius 1 is 1.24 bits per heavy atom. The standard InChI is InChI=1S/C16H16N4O4S/c1-9-7-13(14-10(2)20-24-16(14)19-9)15(21)18-8-11-3-5-12(6-4-11)25(17,22)23/h3-7H,8H2,1-2H3,(H,18,21)(H2,17,22,23). The van der Waals surface area contributed by atoms with Gasteiger partial charge in [0.1, 0.15) is 0 Å². The lowest BCUT2D eigenvalue weighted by molar-refractivity contribution is 0.0952. The summed E-state index contributed by atoms with van der Waals surface area (Å²) in [6, 6.07) is 7.66. The van der Waals surface area contributed by atoms with Gasteiger partial charge in [-0.1, -0.05) is 17.3 Å². The number of carbonyl (C=O) groups excluding carboxylic acids is 1. The summed E-state index contributed by atoms with van der Waals surface area (Å²) in [6.07, 6.45) is 0. The molecule has 9 heteroatoms. The van der Waals surface area contributed by atoms with Crippen molar-refractivity contribution < 1.29 is 17.7 Å². The number of sulfonamides is 1. The van der Waals surface area contributed by atoms with Crippen LogP contribution >= 0.6 is 0 Å². The van der Waals surface area contributed by atoms with Gasteiger partial charge in [-0.15, -0.1) is 0 Å². The highest BCUT2D eigenvalue weighted by atomic mass is 32.2. The van der Waals surface area contributed by atoms with Crippen molar-refractivity contribution in [2.45, 2.75) is 25.3 Å². The molecule has 2 heterocycles. The summed E-state index contributed by atoms with van der Waals surface area (Å²) in [5, 5.41) is 12.3. The first kappa shape index (κ1) is 17.1. The SMILES string of the molecule is Cc1cc(C(=O)NCc2ccc(S(N)(=O)=O)cc2)c2c(C)noc2n1. The molecule has 0 atom stereocenters. The van der Waals surface area contributed by atoms with E-state index in [2.05, 4.69) is 15.5 Å². The summed E-state index contributed by atoms with van der Waals surface area (Å²) in [5.41, 5.74) is 2.73. The number of nitrogens with one attached hydrogen (secondary N) is 1. The average molecular weight is 360 g/mol. The fourth-order valence-corrected chi connectivity index (χ4v) is 2.99. The number of benzene rings is 1. The van der Waals surface area contributed by atoms with E-state index in [4.69, 9.17) is 9.66 Å².